The Kier molecular flexibility index (Phi) is 5.13. The van der Waals surface area contributed by atoms with Crippen molar-refractivity contribution in [2.45, 2.75) is 27.7 Å². The first-order valence-electron chi connectivity index (χ1n) is 6.86. The van der Waals surface area contributed by atoms with Crippen molar-refractivity contribution in [3.05, 3.63) is 31.2 Å². The van der Waals surface area contributed by atoms with E-state index >= 15 is 0 Å². The number of benzene rings is 1. The van der Waals surface area contributed by atoms with Gasteiger partial charge in [-0.2, -0.15) is 0 Å². The fourth-order valence-electron chi connectivity index (χ4n) is 1.93. The summed E-state index contributed by atoms with van der Waals surface area (Å²) in [5.41, 5.74) is -0.896. The van der Waals surface area contributed by atoms with Crippen LogP contribution in [0.3, 0.4) is 0 Å². The van der Waals surface area contributed by atoms with Gasteiger partial charge >= 0.3 is 5.97 Å². The quantitative estimate of drug-likeness (QED) is 0.388. The van der Waals surface area contributed by atoms with Gasteiger partial charge in [0.15, 0.2) is 0 Å². The summed E-state index contributed by atoms with van der Waals surface area (Å²) in [5, 5.41) is -0.415. The third-order valence-corrected chi connectivity index (χ3v) is 5.70. The number of amides is 2. The number of carbonyl (C=O) groups is 3. The molecule has 1 aromatic rings. The molecule has 0 bridgehead atoms. The highest BCUT2D eigenvalue weighted by molar-refractivity contribution is 6.55. The number of hydroxylamine groups is 2. The van der Waals surface area contributed by atoms with E-state index in [1.807, 2.05) is 20.8 Å². The van der Waals surface area contributed by atoms with Crippen LogP contribution in [0.5, 0.6) is 0 Å². The van der Waals surface area contributed by atoms with Crippen molar-refractivity contribution < 1.29 is 19.2 Å². The number of nitrogens with zero attached hydrogens (tertiary/aromatic N) is 1. The molecule has 0 spiro atoms. The van der Waals surface area contributed by atoms with Gasteiger partial charge in [0.1, 0.15) is 0 Å². The largest absolute Gasteiger partial charge is 0.336 e. The number of imide groups is 1. The van der Waals surface area contributed by atoms with Crippen LogP contribution in [0.2, 0.25) is 20.1 Å². The second-order valence-corrected chi connectivity index (χ2v) is 7.92. The van der Waals surface area contributed by atoms with Gasteiger partial charge in [-0.3, -0.25) is 9.59 Å². The second kappa shape index (κ2) is 6.37. The van der Waals surface area contributed by atoms with Gasteiger partial charge in [-0.15, -0.1) is 0 Å². The fraction of sp³-hybridized carbons (Fsp3) is 0.400. The molecular formula is C15H13Cl4NO4. The van der Waals surface area contributed by atoms with E-state index in [9.17, 15) is 14.4 Å². The van der Waals surface area contributed by atoms with E-state index < -0.39 is 29.1 Å². The van der Waals surface area contributed by atoms with Crippen LogP contribution < -0.4 is 0 Å². The normalized spacial score (nSPS) is 15.6. The van der Waals surface area contributed by atoms with Crippen molar-refractivity contribution in [2.24, 2.45) is 11.3 Å². The van der Waals surface area contributed by atoms with Crippen molar-refractivity contribution in [2.75, 3.05) is 0 Å². The average Bonchev–Trinajstić information content (AvgIpc) is 2.73. The van der Waals surface area contributed by atoms with Crippen molar-refractivity contribution in [3.8, 4) is 0 Å². The zero-order chi connectivity index (χ0) is 18.6. The molecule has 1 atom stereocenters. The first-order chi connectivity index (χ1) is 10.9. The molecule has 5 nitrogen and oxygen atoms in total. The molecular weight excluding hydrogens is 400 g/mol. The van der Waals surface area contributed by atoms with Gasteiger partial charge < -0.3 is 4.84 Å². The van der Waals surface area contributed by atoms with Gasteiger partial charge in [-0.25, -0.2) is 4.79 Å². The second-order valence-electron chi connectivity index (χ2n) is 6.41. The van der Waals surface area contributed by atoms with Crippen LogP contribution in [0.25, 0.3) is 0 Å². The Balaban J connectivity index is 2.43. The highest BCUT2D eigenvalue weighted by Crippen LogP contribution is 2.45. The maximum Gasteiger partial charge on any atom is 0.336 e. The molecule has 0 saturated carbocycles. The van der Waals surface area contributed by atoms with E-state index in [4.69, 9.17) is 51.2 Å². The van der Waals surface area contributed by atoms with Gasteiger partial charge in [-0.05, 0) is 5.41 Å². The minimum Gasteiger partial charge on any atom is -0.329 e. The Morgan fingerprint density at radius 2 is 1.29 bits per heavy atom. The summed E-state index contributed by atoms with van der Waals surface area (Å²) in [5.74, 6) is -3.15. The minimum absolute atomic E-state index is 0.153. The third kappa shape index (κ3) is 2.99. The van der Waals surface area contributed by atoms with Crippen LogP contribution in [0, 0.1) is 11.3 Å². The molecule has 0 aromatic heterocycles. The van der Waals surface area contributed by atoms with E-state index in [0.29, 0.717) is 5.06 Å². The van der Waals surface area contributed by atoms with E-state index in [1.165, 1.54) is 0 Å². The van der Waals surface area contributed by atoms with Crippen LogP contribution in [0.4, 0.5) is 0 Å². The molecule has 1 unspecified atom stereocenters. The van der Waals surface area contributed by atoms with E-state index in [2.05, 4.69) is 0 Å². The summed E-state index contributed by atoms with van der Waals surface area (Å²) < 4.78 is 0. The zero-order valence-electron chi connectivity index (χ0n) is 13.2. The lowest BCUT2D eigenvalue weighted by atomic mass is 9.82. The molecule has 0 fully saturated rings. The topological polar surface area (TPSA) is 63.7 Å². The van der Waals surface area contributed by atoms with Gasteiger partial charge in [0, 0.05) is 0 Å². The Hall–Kier alpha value is -1.01. The van der Waals surface area contributed by atoms with Crippen LogP contribution in [0.15, 0.2) is 0 Å². The van der Waals surface area contributed by atoms with E-state index in [0.717, 1.165) is 0 Å². The molecule has 1 aliphatic rings. The molecule has 24 heavy (non-hydrogen) atoms. The number of hydrogen-bond donors (Lipinski definition) is 0. The predicted octanol–water partition coefficient (Wildman–Crippen LogP) is 5.04. The summed E-state index contributed by atoms with van der Waals surface area (Å²) in [6, 6.07) is 0. The Morgan fingerprint density at radius 3 is 1.62 bits per heavy atom. The summed E-state index contributed by atoms with van der Waals surface area (Å²) in [6.45, 7) is 7.12. The predicted molar refractivity (Wildman–Crippen MR) is 91.7 cm³/mol. The van der Waals surface area contributed by atoms with Crippen LogP contribution in [-0.4, -0.2) is 22.8 Å². The Morgan fingerprint density at radius 1 is 0.917 bits per heavy atom. The summed E-state index contributed by atoms with van der Waals surface area (Å²) in [6.07, 6.45) is 0. The first-order valence-corrected chi connectivity index (χ1v) is 8.37. The molecule has 2 rings (SSSR count). The molecule has 130 valence electrons. The lowest BCUT2D eigenvalue weighted by Gasteiger charge is -2.26. The zero-order valence-corrected chi connectivity index (χ0v) is 16.2. The van der Waals surface area contributed by atoms with Gasteiger partial charge in [-0.1, -0.05) is 79.2 Å². The van der Waals surface area contributed by atoms with Gasteiger partial charge in [0.2, 0.25) is 0 Å². The number of rotatable bonds is 2. The van der Waals surface area contributed by atoms with Gasteiger partial charge in [0.05, 0.1) is 37.1 Å². The van der Waals surface area contributed by atoms with Gasteiger partial charge in [0.25, 0.3) is 11.8 Å². The highest BCUT2D eigenvalue weighted by Gasteiger charge is 2.45. The standard InChI is InChI=1S/C15H13Cl4NO4/c1-5(15(2,3)4)14(23)24-20-12(21)6-7(13(20)22)9(17)11(19)10(18)8(6)16/h5H,1-4H3. The van der Waals surface area contributed by atoms with Crippen molar-refractivity contribution in [1.82, 2.24) is 5.06 Å². The van der Waals surface area contributed by atoms with Crippen molar-refractivity contribution >= 4 is 64.2 Å². The van der Waals surface area contributed by atoms with Crippen LogP contribution in [0.1, 0.15) is 48.4 Å². The fourth-order valence-corrected chi connectivity index (χ4v) is 2.95. The molecule has 1 aliphatic heterocycles. The molecule has 2 amide bonds. The molecule has 1 heterocycles. The maximum atomic E-state index is 12.4. The number of hydrogen-bond acceptors (Lipinski definition) is 4. The Bertz CT molecular complexity index is 723. The lowest BCUT2D eigenvalue weighted by molar-refractivity contribution is -0.176. The van der Waals surface area contributed by atoms with Crippen LogP contribution in [-0.2, 0) is 9.63 Å². The van der Waals surface area contributed by atoms with Crippen molar-refractivity contribution in [3.63, 3.8) is 0 Å². The third-order valence-electron chi connectivity index (χ3n) is 3.90. The summed E-state index contributed by atoms with van der Waals surface area (Å²) in [4.78, 5) is 42.1. The molecule has 0 saturated heterocycles. The monoisotopic (exact) mass is 411 g/mol. The number of fused-ring (bicyclic) bond motifs is 1. The summed E-state index contributed by atoms with van der Waals surface area (Å²) >= 11 is 23.8. The SMILES string of the molecule is CC(C(=O)ON1C(=O)c2c(Cl)c(Cl)c(Cl)c(Cl)c2C1=O)C(C)(C)C. The van der Waals surface area contributed by atoms with Crippen molar-refractivity contribution in [1.29, 1.82) is 0 Å². The average molecular weight is 413 g/mol. The van der Waals surface area contributed by atoms with Crippen LogP contribution >= 0.6 is 46.4 Å². The summed E-state index contributed by atoms with van der Waals surface area (Å²) in [7, 11) is 0. The minimum atomic E-state index is -0.921. The molecule has 1 aromatic carbocycles. The molecule has 0 aliphatic carbocycles. The number of halogens is 4. The molecule has 0 radical (unpaired) electrons. The Labute approximate surface area is 158 Å². The highest BCUT2D eigenvalue weighted by atomic mass is 35.5. The smallest absolute Gasteiger partial charge is 0.329 e. The molecule has 9 heteroatoms. The first kappa shape index (κ1) is 19.3. The van der Waals surface area contributed by atoms with E-state index in [1.54, 1.807) is 6.92 Å². The molecule has 0 N–H and O–H groups in total. The van der Waals surface area contributed by atoms with E-state index in [-0.39, 0.29) is 31.2 Å². The lowest BCUT2D eigenvalue weighted by Crippen LogP contribution is -2.37. The maximum absolute atomic E-state index is 12.4. The number of carbonyl (C=O) groups excluding carboxylic acids is 3.